The van der Waals surface area contributed by atoms with E-state index in [1.807, 2.05) is 53.4 Å². The first-order valence-electron chi connectivity index (χ1n) is 12.1. The van der Waals surface area contributed by atoms with Crippen molar-refractivity contribution in [3.8, 4) is 11.5 Å². The van der Waals surface area contributed by atoms with Crippen LogP contribution in [0.15, 0.2) is 60.7 Å². The molecule has 10 heteroatoms. The van der Waals surface area contributed by atoms with Crippen LogP contribution in [0.2, 0.25) is 0 Å². The lowest BCUT2D eigenvalue weighted by molar-refractivity contribution is -0.131. The van der Waals surface area contributed by atoms with Crippen LogP contribution < -0.4 is 19.7 Å². The summed E-state index contributed by atoms with van der Waals surface area (Å²) in [5, 5.41) is 16.5. The predicted octanol–water partition coefficient (Wildman–Crippen LogP) is 2.75. The standard InChI is InChI=1S/C26H27N7O3/c34-26(32-14-12-31(13-15-32)20-4-2-1-3-5-20)11-10-25-29-28-24-9-8-23(30-33(24)25)27-17-19-6-7-21-22(16-19)36-18-35-21/h1-9,16H,10-15,17-18H2,(H,27,30). The predicted molar refractivity (Wildman–Crippen MR) is 134 cm³/mol. The molecule has 2 aromatic heterocycles. The number of carbonyl (C=O) groups is 1. The Labute approximate surface area is 208 Å². The molecule has 1 amide bonds. The number of rotatable bonds is 7. The molecule has 36 heavy (non-hydrogen) atoms. The minimum atomic E-state index is 0.136. The summed E-state index contributed by atoms with van der Waals surface area (Å²) in [5.74, 6) is 3.03. The van der Waals surface area contributed by atoms with Crippen LogP contribution >= 0.6 is 0 Å². The zero-order valence-electron chi connectivity index (χ0n) is 19.8. The van der Waals surface area contributed by atoms with E-state index in [4.69, 9.17) is 9.47 Å². The maximum Gasteiger partial charge on any atom is 0.231 e. The van der Waals surface area contributed by atoms with Crippen LogP contribution in [0.3, 0.4) is 0 Å². The van der Waals surface area contributed by atoms with Gasteiger partial charge >= 0.3 is 0 Å². The van der Waals surface area contributed by atoms with Gasteiger partial charge in [-0.25, -0.2) is 0 Å². The van der Waals surface area contributed by atoms with Crippen LogP contribution in [-0.2, 0) is 17.8 Å². The smallest absolute Gasteiger partial charge is 0.231 e. The second-order valence-corrected chi connectivity index (χ2v) is 8.85. The van der Waals surface area contributed by atoms with E-state index in [1.54, 1.807) is 4.52 Å². The van der Waals surface area contributed by atoms with E-state index in [0.717, 1.165) is 43.2 Å². The number of benzene rings is 2. The molecule has 1 fully saturated rings. The molecule has 0 aliphatic carbocycles. The average Bonchev–Trinajstić information content (AvgIpc) is 3.57. The third-order valence-electron chi connectivity index (χ3n) is 6.55. The molecule has 4 aromatic rings. The molecule has 0 spiro atoms. The molecule has 184 valence electrons. The number of anilines is 2. The molecule has 2 aromatic carbocycles. The van der Waals surface area contributed by atoms with Gasteiger partial charge in [-0.1, -0.05) is 24.3 Å². The molecule has 10 nitrogen and oxygen atoms in total. The van der Waals surface area contributed by atoms with Crippen molar-refractivity contribution in [3.05, 3.63) is 72.1 Å². The Hall–Kier alpha value is -4.34. The van der Waals surface area contributed by atoms with Gasteiger partial charge in [0.2, 0.25) is 12.7 Å². The summed E-state index contributed by atoms with van der Waals surface area (Å²) in [6.45, 7) is 3.96. The summed E-state index contributed by atoms with van der Waals surface area (Å²) in [6, 6.07) is 19.9. The zero-order valence-corrected chi connectivity index (χ0v) is 19.8. The van der Waals surface area contributed by atoms with Crippen LogP contribution in [0, 0.1) is 0 Å². The van der Waals surface area contributed by atoms with E-state index >= 15 is 0 Å². The van der Waals surface area contributed by atoms with Gasteiger partial charge in [-0.05, 0) is 42.0 Å². The van der Waals surface area contributed by atoms with Crippen molar-refractivity contribution < 1.29 is 14.3 Å². The Kier molecular flexibility index (Phi) is 5.98. The molecule has 1 saturated heterocycles. The lowest BCUT2D eigenvalue weighted by atomic mass is 10.2. The van der Waals surface area contributed by atoms with Crippen LogP contribution in [0.1, 0.15) is 17.8 Å². The second kappa shape index (κ2) is 9.73. The Balaban J connectivity index is 1.05. The van der Waals surface area contributed by atoms with Crippen molar-refractivity contribution in [2.24, 2.45) is 0 Å². The highest BCUT2D eigenvalue weighted by molar-refractivity contribution is 5.76. The fraction of sp³-hybridized carbons (Fsp3) is 0.308. The quantitative estimate of drug-likeness (QED) is 0.427. The summed E-state index contributed by atoms with van der Waals surface area (Å²) in [7, 11) is 0. The van der Waals surface area contributed by atoms with Crippen molar-refractivity contribution in [2.45, 2.75) is 19.4 Å². The number of piperazine rings is 1. The number of aryl methyl sites for hydroxylation is 1. The Morgan fingerprint density at radius 3 is 2.61 bits per heavy atom. The lowest BCUT2D eigenvalue weighted by Crippen LogP contribution is -2.48. The fourth-order valence-electron chi connectivity index (χ4n) is 4.56. The molecule has 0 radical (unpaired) electrons. The van der Waals surface area contributed by atoms with Crippen molar-refractivity contribution in [3.63, 3.8) is 0 Å². The van der Waals surface area contributed by atoms with E-state index in [-0.39, 0.29) is 12.7 Å². The molecule has 2 aliphatic heterocycles. The lowest BCUT2D eigenvalue weighted by Gasteiger charge is -2.36. The summed E-state index contributed by atoms with van der Waals surface area (Å²) in [5.41, 5.74) is 2.92. The summed E-state index contributed by atoms with van der Waals surface area (Å²) in [6.07, 6.45) is 0.861. The maximum atomic E-state index is 12.9. The van der Waals surface area contributed by atoms with Crippen LogP contribution in [0.4, 0.5) is 11.5 Å². The second-order valence-electron chi connectivity index (χ2n) is 8.85. The van der Waals surface area contributed by atoms with Crippen LogP contribution in [0.5, 0.6) is 11.5 Å². The van der Waals surface area contributed by atoms with Gasteiger partial charge in [-0.3, -0.25) is 4.79 Å². The number of ether oxygens (including phenoxy) is 2. The minimum Gasteiger partial charge on any atom is -0.454 e. The molecule has 1 N–H and O–H groups in total. The fourth-order valence-corrected chi connectivity index (χ4v) is 4.56. The number of para-hydroxylation sites is 1. The molecular weight excluding hydrogens is 458 g/mol. The number of aromatic nitrogens is 4. The van der Waals surface area contributed by atoms with Crippen LogP contribution in [0.25, 0.3) is 5.65 Å². The maximum absolute atomic E-state index is 12.9. The first-order valence-corrected chi connectivity index (χ1v) is 12.1. The Morgan fingerprint density at radius 2 is 1.75 bits per heavy atom. The zero-order chi connectivity index (χ0) is 24.3. The Bertz CT molecular complexity index is 1370. The SMILES string of the molecule is O=C(CCc1nnc2ccc(NCc3ccc4c(c3)OCO4)nn12)N1CCN(c2ccccc2)CC1. The van der Waals surface area contributed by atoms with E-state index in [0.29, 0.717) is 36.7 Å². The van der Waals surface area contributed by atoms with Gasteiger partial charge < -0.3 is 24.6 Å². The molecule has 4 heterocycles. The topological polar surface area (TPSA) is 97.1 Å². The van der Waals surface area contributed by atoms with Gasteiger partial charge in [0.15, 0.2) is 23.0 Å². The summed E-state index contributed by atoms with van der Waals surface area (Å²) in [4.78, 5) is 17.1. The highest BCUT2D eigenvalue weighted by Crippen LogP contribution is 2.32. The largest absolute Gasteiger partial charge is 0.454 e. The molecule has 6 rings (SSSR count). The molecule has 0 saturated carbocycles. The highest BCUT2D eigenvalue weighted by atomic mass is 16.7. The number of nitrogens with zero attached hydrogens (tertiary/aromatic N) is 6. The van der Waals surface area contributed by atoms with Gasteiger partial charge in [0, 0.05) is 51.3 Å². The van der Waals surface area contributed by atoms with Crippen molar-refractivity contribution in [1.29, 1.82) is 0 Å². The van der Waals surface area contributed by atoms with E-state index in [2.05, 4.69) is 37.6 Å². The van der Waals surface area contributed by atoms with Crippen molar-refractivity contribution >= 4 is 23.1 Å². The van der Waals surface area contributed by atoms with Gasteiger partial charge in [-0.2, -0.15) is 4.52 Å². The van der Waals surface area contributed by atoms with Crippen LogP contribution in [-0.4, -0.2) is 63.6 Å². The third kappa shape index (κ3) is 4.61. The Morgan fingerprint density at radius 1 is 0.917 bits per heavy atom. The summed E-state index contributed by atoms with van der Waals surface area (Å²) < 4.78 is 12.5. The van der Waals surface area contributed by atoms with E-state index in [9.17, 15) is 4.79 Å². The van der Waals surface area contributed by atoms with Gasteiger partial charge in [0.1, 0.15) is 5.82 Å². The highest BCUT2D eigenvalue weighted by Gasteiger charge is 2.22. The van der Waals surface area contributed by atoms with Gasteiger partial charge in [0.25, 0.3) is 0 Å². The third-order valence-corrected chi connectivity index (χ3v) is 6.55. The number of amides is 1. The number of fused-ring (bicyclic) bond motifs is 2. The molecule has 2 aliphatic rings. The van der Waals surface area contributed by atoms with Crippen molar-refractivity contribution in [2.75, 3.05) is 43.2 Å². The molecular formula is C26H27N7O3. The van der Waals surface area contributed by atoms with E-state index in [1.165, 1.54) is 5.69 Å². The average molecular weight is 486 g/mol. The van der Waals surface area contributed by atoms with Gasteiger partial charge in [-0.15, -0.1) is 15.3 Å². The molecule has 0 atom stereocenters. The number of nitrogens with one attached hydrogen (secondary N) is 1. The van der Waals surface area contributed by atoms with Gasteiger partial charge in [0.05, 0.1) is 0 Å². The number of carbonyl (C=O) groups excluding carboxylic acids is 1. The molecule has 0 bridgehead atoms. The number of hydrogen-bond acceptors (Lipinski definition) is 8. The monoisotopic (exact) mass is 485 g/mol. The minimum absolute atomic E-state index is 0.136. The first-order chi connectivity index (χ1) is 17.7. The molecule has 0 unspecified atom stereocenters. The first kappa shape index (κ1) is 22.1. The van der Waals surface area contributed by atoms with Crippen molar-refractivity contribution in [1.82, 2.24) is 24.7 Å². The van der Waals surface area contributed by atoms with E-state index < -0.39 is 0 Å². The summed E-state index contributed by atoms with van der Waals surface area (Å²) >= 11 is 0. The normalized spacial score (nSPS) is 14.9. The number of hydrogen-bond donors (Lipinski definition) is 1.